The monoisotopic (exact) mass is 319 g/mol. The molecular formula is C13H16BrF2NO. The molecule has 18 heavy (non-hydrogen) atoms. The number of hydrogen-bond acceptors (Lipinski definition) is 2. The normalized spacial score (nSPS) is 21.8. The van der Waals surface area contributed by atoms with Crippen LogP contribution in [0.4, 0.5) is 8.78 Å². The van der Waals surface area contributed by atoms with Gasteiger partial charge in [-0.2, -0.15) is 0 Å². The summed E-state index contributed by atoms with van der Waals surface area (Å²) in [7, 11) is 0. The highest BCUT2D eigenvalue weighted by atomic mass is 79.9. The van der Waals surface area contributed by atoms with E-state index in [0.29, 0.717) is 19.3 Å². The Morgan fingerprint density at radius 1 is 1.39 bits per heavy atom. The van der Waals surface area contributed by atoms with Crippen LogP contribution in [-0.2, 0) is 6.42 Å². The third-order valence-corrected chi connectivity index (χ3v) is 3.98. The van der Waals surface area contributed by atoms with Gasteiger partial charge in [0.05, 0.1) is 6.10 Å². The third-order valence-electron chi connectivity index (χ3n) is 3.51. The van der Waals surface area contributed by atoms with Gasteiger partial charge >= 0.3 is 0 Å². The van der Waals surface area contributed by atoms with Crippen molar-refractivity contribution in [2.24, 2.45) is 5.92 Å². The van der Waals surface area contributed by atoms with Crippen molar-refractivity contribution in [1.29, 1.82) is 0 Å². The smallest absolute Gasteiger partial charge is 0.248 e. The van der Waals surface area contributed by atoms with Crippen LogP contribution in [0, 0.1) is 5.92 Å². The molecule has 0 spiro atoms. The van der Waals surface area contributed by atoms with Crippen molar-refractivity contribution >= 4 is 15.9 Å². The standard InChI is InChI=1S/C13H16BrF2NO/c14-10-1-2-11(17-8-10)7-12(18)9-3-5-13(15,16)6-4-9/h1-2,8-9,12,18H,3-7H2. The minimum absolute atomic E-state index is 0.0323. The van der Waals surface area contributed by atoms with Gasteiger partial charge in [-0.3, -0.25) is 4.98 Å². The number of pyridine rings is 1. The number of aromatic nitrogens is 1. The third kappa shape index (κ3) is 3.72. The second kappa shape index (κ2) is 5.61. The van der Waals surface area contributed by atoms with Crippen molar-refractivity contribution in [1.82, 2.24) is 4.98 Å². The number of aliphatic hydroxyl groups is 1. The Bertz CT molecular complexity index is 386. The first-order valence-electron chi connectivity index (χ1n) is 6.13. The van der Waals surface area contributed by atoms with E-state index < -0.39 is 12.0 Å². The number of nitrogens with zero attached hydrogens (tertiary/aromatic N) is 1. The molecule has 5 heteroatoms. The molecule has 0 amide bonds. The molecule has 1 saturated carbocycles. The maximum atomic E-state index is 13.0. The van der Waals surface area contributed by atoms with E-state index in [4.69, 9.17) is 0 Å². The van der Waals surface area contributed by atoms with E-state index >= 15 is 0 Å². The number of aliphatic hydroxyl groups excluding tert-OH is 1. The Morgan fingerprint density at radius 2 is 2.06 bits per heavy atom. The van der Waals surface area contributed by atoms with Gasteiger partial charge in [-0.05, 0) is 46.8 Å². The molecule has 1 unspecified atom stereocenters. The van der Waals surface area contributed by atoms with Gasteiger partial charge < -0.3 is 5.11 Å². The van der Waals surface area contributed by atoms with E-state index in [9.17, 15) is 13.9 Å². The molecule has 1 aromatic heterocycles. The Morgan fingerprint density at radius 3 is 2.61 bits per heavy atom. The maximum absolute atomic E-state index is 13.0. The van der Waals surface area contributed by atoms with Crippen LogP contribution in [0.3, 0.4) is 0 Å². The number of rotatable bonds is 3. The fourth-order valence-electron chi connectivity index (χ4n) is 2.36. The molecule has 1 atom stereocenters. The molecule has 0 aromatic carbocycles. The molecule has 2 rings (SSSR count). The minimum atomic E-state index is -2.54. The Hall–Kier alpha value is -0.550. The zero-order valence-corrected chi connectivity index (χ0v) is 11.5. The lowest BCUT2D eigenvalue weighted by Gasteiger charge is -2.31. The van der Waals surface area contributed by atoms with E-state index in [1.807, 2.05) is 12.1 Å². The van der Waals surface area contributed by atoms with Gasteiger partial charge in [0.1, 0.15) is 0 Å². The lowest BCUT2D eigenvalue weighted by molar-refractivity contribution is -0.0620. The first-order valence-corrected chi connectivity index (χ1v) is 6.92. The van der Waals surface area contributed by atoms with E-state index in [2.05, 4.69) is 20.9 Å². The summed E-state index contributed by atoms with van der Waals surface area (Å²) in [6, 6.07) is 3.70. The lowest BCUT2D eigenvalue weighted by atomic mass is 9.82. The highest BCUT2D eigenvalue weighted by Crippen LogP contribution is 2.37. The zero-order chi connectivity index (χ0) is 13.2. The van der Waals surface area contributed by atoms with Crippen LogP contribution < -0.4 is 0 Å². The van der Waals surface area contributed by atoms with Crippen LogP contribution in [0.15, 0.2) is 22.8 Å². The number of hydrogen-bond donors (Lipinski definition) is 1. The molecular weight excluding hydrogens is 304 g/mol. The predicted octanol–water partition coefficient (Wildman–Crippen LogP) is 3.57. The van der Waals surface area contributed by atoms with Crippen LogP contribution in [0.5, 0.6) is 0 Å². The van der Waals surface area contributed by atoms with Crippen LogP contribution >= 0.6 is 15.9 Å². The van der Waals surface area contributed by atoms with E-state index in [1.165, 1.54) is 0 Å². The summed E-state index contributed by atoms with van der Waals surface area (Å²) in [5.74, 6) is -2.57. The molecule has 0 bridgehead atoms. The summed E-state index contributed by atoms with van der Waals surface area (Å²) in [6.07, 6.45) is 2.11. The Labute approximate surface area is 114 Å². The SMILES string of the molecule is OC(Cc1ccc(Br)cn1)C1CCC(F)(F)CC1. The highest BCUT2D eigenvalue weighted by Gasteiger charge is 2.37. The fraction of sp³-hybridized carbons (Fsp3) is 0.615. The molecule has 0 radical (unpaired) electrons. The number of halogens is 3. The molecule has 1 N–H and O–H groups in total. The second-order valence-corrected chi connectivity index (χ2v) is 5.85. The van der Waals surface area contributed by atoms with Crippen LogP contribution in [0.2, 0.25) is 0 Å². The van der Waals surface area contributed by atoms with Gasteiger partial charge in [0.15, 0.2) is 0 Å². The highest BCUT2D eigenvalue weighted by molar-refractivity contribution is 9.10. The van der Waals surface area contributed by atoms with Gasteiger partial charge in [-0.25, -0.2) is 8.78 Å². The summed E-state index contributed by atoms with van der Waals surface area (Å²) < 4.78 is 26.9. The summed E-state index contributed by atoms with van der Waals surface area (Å²) in [6.45, 7) is 0. The number of alkyl halides is 2. The molecule has 2 nitrogen and oxygen atoms in total. The second-order valence-electron chi connectivity index (χ2n) is 4.93. The molecule has 1 heterocycles. The first kappa shape index (κ1) is 13.9. The van der Waals surface area contributed by atoms with Gasteiger partial charge in [0.2, 0.25) is 5.92 Å². The van der Waals surface area contributed by atoms with Crippen LogP contribution in [0.25, 0.3) is 0 Å². The van der Waals surface area contributed by atoms with Crippen LogP contribution in [-0.4, -0.2) is 22.1 Å². The van der Waals surface area contributed by atoms with Crippen molar-refractivity contribution in [3.63, 3.8) is 0 Å². The van der Waals surface area contributed by atoms with Gasteiger partial charge in [-0.1, -0.05) is 0 Å². The summed E-state index contributed by atoms with van der Waals surface area (Å²) >= 11 is 3.29. The topological polar surface area (TPSA) is 33.1 Å². The van der Waals surface area contributed by atoms with E-state index in [0.717, 1.165) is 10.2 Å². The van der Waals surface area contributed by atoms with Crippen LogP contribution in [0.1, 0.15) is 31.4 Å². The lowest BCUT2D eigenvalue weighted by Crippen LogP contribution is -2.32. The molecule has 1 fully saturated rings. The molecule has 100 valence electrons. The average Bonchev–Trinajstić information content (AvgIpc) is 2.32. The van der Waals surface area contributed by atoms with E-state index in [-0.39, 0.29) is 18.8 Å². The fourth-order valence-corrected chi connectivity index (χ4v) is 2.59. The van der Waals surface area contributed by atoms with Crippen molar-refractivity contribution in [3.05, 3.63) is 28.5 Å². The minimum Gasteiger partial charge on any atom is -0.392 e. The van der Waals surface area contributed by atoms with Gasteiger partial charge in [-0.15, -0.1) is 0 Å². The van der Waals surface area contributed by atoms with Crippen molar-refractivity contribution in [2.75, 3.05) is 0 Å². The van der Waals surface area contributed by atoms with Crippen molar-refractivity contribution < 1.29 is 13.9 Å². The molecule has 0 saturated heterocycles. The summed E-state index contributed by atoms with van der Waals surface area (Å²) in [5, 5.41) is 10.1. The quantitative estimate of drug-likeness (QED) is 0.923. The van der Waals surface area contributed by atoms with E-state index in [1.54, 1.807) is 6.20 Å². The Kier molecular flexibility index (Phi) is 4.33. The summed E-state index contributed by atoms with van der Waals surface area (Å²) in [5.41, 5.74) is 0.794. The van der Waals surface area contributed by atoms with Crippen molar-refractivity contribution in [3.8, 4) is 0 Å². The first-order chi connectivity index (χ1) is 8.46. The molecule has 0 aliphatic heterocycles. The molecule has 1 aliphatic carbocycles. The predicted molar refractivity (Wildman–Crippen MR) is 68.6 cm³/mol. The van der Waals surface area contributed by atoms with Crippen molar-refractivity contribution in [2.45, 2.75) is 44.1 Å². The Balaban J connectivity index is 1.89. The van der Waals surface area contributed by atoms with Gasteiger partial charge in [0, 0.05) is 35.6 Å². The van der Waals surface area contributed by atoms with Gasteiger partial charge in [0.25, 0.3) is 0 Å². The summed E-state index contributed by atoms with van der Waals surface area (Å²) in [4.78, 5) is 4.19. The maximum Gasteiger partial charge on any atom is 0.248 e. The molecule has 1 aliphatic rings. The molecule has 1 aromatic rings. The average molecular weight is 320 g/mol. The largest absolute Gasteiger partial charge is 0.392 e. The zero-order valence-electron chi connectivity index (χ0n) is 9.95.